The highest BCUT2D eigenvalue weighted by Crippen LogP contribution is 2.23. The van der Waals surface area contributed by atoms with E-state index in [4.69, 9.17) is 8.94 Å². The van der Waals surface area contributed by atoms with Gasteiger partial charge in [-0.25, -0.2) is 8.42 Å². The van der Waals surface area contributed by atoms with Crippen LogP contribution in [0.25, 0.3) is 11.6 Å². The van der Waals surface area contributed by atoms with Crippen LogP contribution in [0.15, 0.2) is 25.7 Å². The summed E-state index contributed by atoms with van der Waals surface area (Å²) in [5.74, 6) is 1.20. The van der Waals surface area contributed by atoms with Crippen molar-refractivity contribution in [3.05, 3.63) is 22.7 Å². The number of hydrogen-bond donors (Lipinski definition) is 0. The monoisotopic (exact) mass is 347 g/mol. The maximum atomic E-state index is 11.7. The summed E-state index contributed by atoms with van der Waals surface area (Å²) in [7, 11) is -3.16. The molecule has 2 aromatic heterocycles. The Bertz CT molecular complexity index is 693. The van der Waals surface area contributed by atoms with Crippen molar-refractivity contribution in [1.29, 1.82) is 0 Å². The van der Waals surface area contributed by atoms with Crippen molar-refractivity contribution in [2.75, 3.05) is 12.3 Å². The lowest BCUT2D eigenvalue weighted by Crippen LogP contribution is -2.25. The molecule has 2 aromatic rings. The van der Waals surface area contributed by atoms with Crippen LogP contribution in [0, 0.1) is 0 Å². The Balaban J connectivity index is 1.79. The van der Waals surface area contributed by atoms with Crippen LogP contribution in [0.1, 0.15) is 12.3 Å². The Hall–Kier alpha value is -1.19. The summed E-state index contributed by atoms with van der Waals surface area (Å²) >= 11 is 3.18. The number of furan rings is 1. The van der Waals surface area contributed by atoms with Gasteiger partial charge in [0.15, 0.2) is 10.4 Å². The number of sulfonamides is 1. The molecule has 7 nitrogen and oxygen atoms in total. The van der Waals surface area contributed by atoms with Crippen molar-refractivity contribution in [3.8, 4) is 11.6 Å². The summed E-state index contributed by atoms with van der Waals surface area (Å²) in [5.41, 5.74) is 0. The molecule has 0 bridgehead atoms. The highest BCUT2D eigenvalue weighted by molar-refractivity contribution is 9.10. The Morgan fingerprint density at radius 1 is 1.42 bits per heavy atom. The third-order valence-electron chi connectivity index (χ3n) is 2.78. The first kappa shape index (κ1) is 12.8. The van der Waals surface area contributed by atoms with Gasteiger partial charge in [0.1, 0.15) is 0 Å². The van der Waals surface area contributed by atoms with Gasteiger partial charge in [0, 0.05) is 6.54 Å². The van der Waals surface area contributed by atoms with Gasteiger partial charge in [-0.3, -0.25) is 0 Å². The number of hydrogen-bond acceptors (Lipinski definition) is 6. The van der Waals surface area contributed by atoms with Gasteiger partial charge in [0.05, 0.1) is 12.3 Å². The van der Waals surface area contributed by atoms with E-state index in [9.17, 15) is 8.42 Å². The first-order valence-corrected chi connectivity index (χ1v) is 8.01. The Kier molecular flexibility index (Phi) is 3.19. The molecule has 0 aromatic carbocycles. The minimum atomic E-state index is -3.16. The summed E-state index contributed by atoms with van der Waals surface area (Å²) in [6.07, 6.45) is 0.633. The summed E-state index contributed by atoms with van der Waals surface area (Å²) < 4.78 is 35.6. The van der Waals surface area contributed by atoms with Crippen molar-refractivity contribution >= 4 is 26.0 Å². The molecule has 1 aliphatic heterocycles. The highest BCUT2D eigenvalue weighted by Gasteiger charge is 2.29. The van der Waals surface area contributed by atoms with E-state index < -0.39 is 10.0 Å². The third kappa shape index (κ3) is 2.58. The van der Waals surface area contributed by atoms with E-state index in [1.807, 2.05) is 0 Å². The lowest BCUT2D eigenvalue weighted by Gasteiger charge is -2.10. The molecule has 102 valence electrons. The van der Waals surface area contributed by atoms with Crippen LogP contribution in [0.5, 0.6) is 0 Å². The molecule has 3 heterocycles. The predicted octanol–water partition coefficient (Wildman–Crippen LogP) is 1.63. The van der Waals surface area contributed by atoms with Crippen LogP contribution in [-0.4, -0.2) is 35.2 Å². The Morgan fingerprint density at radius 3 is 2.89 bits per heavy atom. The molecule has 1 fully saturated rings. The number of nitrogens with zero attached hydrogens (tertiary/aromatic N) is 3. The van der Waals surface area contributed by atoms with Crippen LogP contribution in [0.2, 0.25) is 0 Å². The molecule has 0 saturated carbocycles. The van der Waals surface area contributed by atoms with Crippen LogP contribution < -0.4 is 0 Å². The quantitative estimate of drug-likeness (QED) is 0.838. The molecule has 3 rings (SSSR count). The molecule has 0 amide bonds. The van der Waals surface area contributed by atoms with E-state index >= 15 is 0 Å². The minimum Gasteiger partial charge on any atom is -0.446 e. The zero-order valence-corrected chi connectivity index (χ0v) is 12.1. The number of halogens is 1. The second kappa shape index (κ2) is 4.73. The molecule has 0 unspecified atom stereocenters. The third-order valence-corrected chi connectivity index (χ3v) is 5.11. The van der Waals surface area contributed by atoms with Crippen molar-refractivity contribution < 1.29 is 17.4 Å². The average molecular weight is 348 g/mol. The lowest BCUT2D eigenvalue weighted by atomic mass is 10.4. The molecule has 0 atom stereocenters. The van der Waals surface area contributed by atoms with E-state index in [2.05, 4.69) is 26.1 Å². The highest BCUT2D eigenvalue weighted by atomic mass is 79.9. The number of aromatic nitrogens is 2. The largest absolute Gasteiger partial charge is 0.446 e. The average Bonchev–Trinajstić information content (AvgIpc) is 3.02. The Labute approximate surface area is 117 Å². The normalized spacial score (nSPS) is 19.0. The van der Waals surface area contributed by atoms with Gasteiger partial charge in [-0.05, 0) is 34.5 Å². The molecule has 0 N–H and O–H groups in total. The fourth-order valence-electron chi connectivity index (χ4n) is 1.87. The van der Waals surface area contributed by atoms with Gasteiger partial charge in [0.25, 0.3) is 0 Å². The second-order valence-corrected chi connectivity index (χ2v) is 6.99. The first-order valence-electron chi connectivity index (χ1n) is 5.61. The molecule has 9 heteroatoms. The smallest absolute Gasteiger partial charge is 0.242 e. The van der Waals surface area contributed by atoms with Gasteiger partial charge in [-0.1, -0.05) is 5.16 Å². The summed E-state index contributed by atoms with van der Waals surface area (Å²) in [4.78, 5) is 4.12. The van der Waals surface area contributed by atoms with Crippen LogP contribution in [-0.2, 0) is 16.6 Å². The van der Waals surface area contributed by atoms with Crippen molar-refractivity contribution in [2.24, 2.45) is 0 Å². The van der Waals surface area contributed by atoms with Gasteiger partial charge >= 0.3 is 0 Å². The van der Waals surface area contributed by atoms with Crippen LogP contribution >= 0.6 is 15.9 Å². The molecule has 0 radical (unpaired) electrons. The molecular formula is C10H10BrN3O4S. The predicted molar refractivity (Wildman–Crippen MR) is 68.5 cm³/mol. The van der Waals surface area contributed by atoms with Gasteiger partial charge < -0.3 is 8.94 Å². The first-order chi connectivity index (χ1) is 9.04. The fraction of sp³-hybridized carbons (Fsp3) is 0.400. The molecule has 1 saturated heterocycles. The molecule has 0 spiro atoms. The molecule has 0 aliphatic carbocycles. The summed E-state index contributed by atoms with van der Waals surface area (Å²) in [5, 5.41) is 3.77. The molecule has 19 heavy (non-hydrogen) atoms. The summed E-state index contributed by atoms with van der Waals surface area (Å²) in [6.45, 7) is 0.601. The summed E-state index contributed by atoms with van der Waals surface area (Å²) in [6, 6.07) is 3.42. The van der Waals surface area contributed by atoms with E-state index in [0.717, 1.165) is 0 Å². The van der Waals surface area contributed by atoms with E-state index in [1.54, 1.807) is 12.1 Å². The van der Waals surface area contributed by atoms with E-state index in [0.29, 0.717) is 29.2 Å². The lowest BCUT2D eigenvalue weighted by molar-refractivity contribution is 0.325. The standard InChI is InChI=1S/C10H10BrN3O4S/c11-8-3-2-7(17-8)10-12-9(18-13-10)6-14-4-1-5-19(14,15)16/h2-3H,1,4-6H2. The van der Waals surface area contributed by atoms with Gasteiger partial charge in [0.2, 0.25) is 21.7 Å². The van der Waals surface area contributed by atoms with Crippen molar-refractivity contribution in [1.82, 2.24) is 14.4 Å². The SMILES string of the molecule is O=S1(=O)CCCN1Cc1nc(-c2ccc(Br)o2)no1. The zero-order valence-electron chi connectivity index (χ0n) is 9.74. The minimum absolute atomic E-state index is 0.108. The maximum absolute atomic E-state index is 11.7. The van der Waals surface area contributed by atoms with E-state index in [1.165, 1.54) is 4.31 Å². The second-order valence-electron chi connectivity index (χ2n) is 4.12. The van der Waals surface area contributed by atoms with Crippen LogP contribution in [0.4, 0.5) is 0 Å². The molecule has 1 aliphatic rings. The fourth-order valence-corrected chi connectivity index (χ4v) is 3.65. The van der Waals surface area contributed by atoms with Gasteiger partial charge in [-0.2, -0.15) is 9.29 Å². The van der Waals surface area contributed by atoms with Crippen molar-refractivity contribution in [2.45, 2.75) is 13.0 Å². The van der Waals surface area contributed by atoms with Crippen molar-refractivity contribution in [3.63, 3.8) is 0 Å². The number of rotatable bonds is 3. The van der Waals surface area contributed by atoms with Gasteiger partial charge in [-0.15, -0.1) is 0 Å². The zero-order chi connectivity index (χ0) is 13.5. The maximum Gasteiger partial charge on any atom is 0.242 e. The molecular weight excluding hydrogens is 338 g/mol. The van der Waals surface area contributed by atoms with E-state index in [-0.39, 0.29) is 18.2 Å². The topological polar surface area (TPSA) is 89.4 Å². The Morgan fingerprint density at radius 2 is 2.26 bits per heavy atom. The van der Waals surface area contributed by atoms with Crippen LogP contribution in [0.3, 0.4) is 0 Å².